The molecule has 10 heteroatoms. The van der Waals surface area contributed by atoms with E-state index in [1.807, 2.05) is 13.8 Å². The van der Waals surface area contributed by atoms with Crippen molar-refractivity contribution in [2.24, 2.45) is 0 Å². The highest BCUT2D eigenvalue weighted by Gasteiger charge is 2.28. The van der Waals surface area contributed by atoms with E-state index in [0.29, 0.717) is 37.4 Å². The van der Waals surface area contributed by atoms with Crippen molar-refractivity contribution in [1.82, 2.24) is 9.21 Å². The molecule has 0 bridgehead atoms. The van der Waals surface area contributed by atoms with Crippen molar-refractivity contribution in [2.45, 2.75) is 44.4 Å². The van der Waals surface area contributed by atoms with Crippen molar-refractivity contribution < 1.29 is 18.1 Å². The zero-order valence-electron chi connectivity index (χ0n) is 19.0. The fraction of sp³-hybridized carbons (Fsp3) is 0.435. The summed E-state index contributed by atoms with van der Waals surface area (Å²) in [5, 5.41) is 14.7. The van der Waals surface area contributed by atoms with Crippen LogP contribution in [0.2, 0.25) is 0 Å². The average molecular weight is 475 g/mol. The van der Waals surface area contributed by atoms with Gasteiger partial charge in [0, 0.05) is 43.5 Å². The largest absolute Gasteiger partial charge is 0.350 e. The summed E-state index contributed by atoms with van der Waals surface area (Å²) in [5.74, 6) is -0.0828. The van der Waals surface area contributed by atoms with Crippen LogP contribution in [0.15, 0.2) is 47.4 Å². The second kappa shape index (κ2) is 10.8. The van der Waals surface area contributed by atoms with Gasteiger partial charge in [0.1, 0.15) is 5.69 Å². The summed E-state index contributed by atoms with van der Waals surface area (Å²) in [6.07, 6.45) is 3.53. The highest BCUT2D eigenvalue weighted by molar-refractivity contribution is 7.89. The first-order valence-corrected chi connectivity index (χ1v) is 12.7. The van der Waals surface area contributed by atoms with Crippen LogP contribution >= 0.6 is 0 Å². The Labute approximate surface area is 194 Å². The molecule has 0 unspecified atom stereocenters. The lowest BCUT2D eigenvalue weighted by atomic mass is 10.1. The molecule has 1 amide bonds. The zero-order chi connectivity index (χ0) is 24.0. The SMILES string of the molecule is CCN(CC)C(=O)c1ccc(Nc2ccc(S(=O)(=O)N3CCCCCC3)cc2[N+](=O)[O-])cc1. The quantitative estimate of drug-likeness (QED) is 0.449. The number of hydrogen-bond donors (Lipinski definition) is 1. The van der Waals surface area contributed by atoms with Crippen LogP contribution in [0.25, 0.3) is 0 Å². The predicted molar refractivity (Wildman–Crippen MR) is 127 cm³/mol. The molecule has 1 fully saturated rings. The number of nitrogens with zero attached hydrogens (tertiary/aromatic N) is 3. The van der Waals surface area contributed by atoms with Gasteiger partial charge in [0.2, 0.25) is 10.0 Å². The molecule has 0 saturated carbocycles. The number of amides is 1. The fourth-order valence-electron chi connectivity index (χ4n) is 3.90. The van der Waals surface area contributed by atoms with Crippen LogP contribution in [0.3, 0.4) is 0 Å². The van der Waals surface area contributed by atoms with E-state index in [1.165, 1.54) is 16.4 Å². The molecule has 2 aromatic carbocycles. The van der Waals surface area contributed by atoms with Crippen molar-refractivity contribution in [3.8, 4) is 0 Å². The summed E-state index contributed by atoms with van der Waals surface area (Å²) in [4.78, 5) is 25.2. The second-order valence-corrected chi connectivity index (χ2v) is 9.87. The van der Waals surface area contributed by atoms with Crippen LogP contribution in [-0.2, 0) is 10.0 Å². The minimum absolute atomic E-state index is 0.0817. The van der Waals surface area contributed by atoms with Gasteiger partial charge >= 0.3 is 0 Å². The number of hydrogen-bond acceptors (Lipinski definition) is 6. The molecule has 1 aliphatic heterocycles. The van der Waals surface area contributed by atoms with Gasteiger partial charge in [-0.3, -0.25) is 14.9 Å². The Morgan fingerprint density at radius 3 is 2.18 bits per heavy atom. The molecule has 0 aromatic heterocycles. The molecule has 2 aromatic rings. The number of benzene rings is 2. The van der Waals surface area contributed by atoms with Crippen LogP contribution in [0, 0.1) is 10.1 Å². The van der Waals surface area contributed by atoms with E-state index in [0.717, 1.165) is 31.7 Å². The molecular formula is C23H30N4O5S. The molecule has 0 spiro atoms. The van der Waals surface area contributed by atoms with Crippen molar-refractivity contribution in [3.63, 3.8) is 0 Å². The normalized spacial score (nSPS) is 15.0. The van der Waals surface area contributed by atoms with Crippen LogP contribution in [0.5, 0.6) is 0 Å². The summed E-state index contributed by atoms with van der Waals surface area (Å²) >= 11 is 0. The Balaban J connectivity index is 1.84. The van der Waals surface area contributed by atoms with Gasteiger partial charge in [-0.15, -0.1) is 0 Å². The number of carbonyl (C=O) groups excluding carboxylic acids is 1. The molecular weight excluding hydrogens is 444 g/mol. The topological polar surface area (TPSA) is 113 Å². The summed E-state index contributed by atoms with van der Waals surface area (Å²) in [6, 6.07) is 10.6. The van der Waals surface area contributed by atoms with E-state index in [9.17, 15) is 23.3 Å². The fourth-order valence-corrected chi connectivity index (χ4v) is 5.44. The van der Waals surface area contributed by atoms with Crippen LogP contribution < -0.4 is 5.32 Å². The third-order valence-corrected chi connectivity index (χ3v) is 7.72. The Morgan fingerprint density at radius 1 is 1.03 bits per heavy atom. The molecule has 9 nitrogen and oxygen atoms in total. The third-order valence-electron chi connectivity index (χ3n) is 5.83. The van der Waals surface area contributed by atoms with Gasteiger partial charge in [0.15, 0.2) is 0 Å². The van der Waals surface area contributed by atoms with Crippen molar-refractivity contribution in [3.05, 3.63) is 58.1 Å². The second-order valence-electron chi connectivity index (χ2n) is 7.93. The smallest absolute Gasteiger partial charge is 0.294 e. The zero-order valence-corrected chi connectivity index (χ0v) is 19.8. The lowest BCUT2D eigenvalue weighted by molar-refractivity contribution is -0.384. The molecule has 1 heterocycles. The molecule has 1 aliphatic rings. The van der Waals surface area contributed by atoms with Gasteiger partial charge in [0.25, 0.3) is 11.6 Å². The van der Waals surface area contributed by atoms with Crippen LogP contribution in [0.1, 0.15) is 49.9 Å². The van der Waals surface area contributed by atoms with Crippen molar-refractivity contribution >= 4 is 33.0 Å². The van der Waals surface area contributed by atoms with Gasteiger partial charge in [-0.2, -0.15) is 4.31 Å². The van der Waals surface area contributed by atoms with E-state index >= 15 is 0 Å². The van der Waals surface area contributed by atoms with Crippen molar-refractivity contribution in [1.29, 1.82) is 0 Å². The Hall–Kier alpha value is -2.98. The number of carbonyl (C=O) groups is 1. The number of anilines is 2. The lowest BCUT2D eigenvalue weighted by Gasteiger charge is -2.20. The highest BCUT2D eigenvalue weighted by Crippen LogP contribution is 2.32. The first-order valence-electron chi connectivity index (χ1n) is 11.2. The third kappa shape index (κ3) is 5.69. The van der Waals surface area contributed by atoms with Gasteiger partial charge in [0.05, 0.1) is 9.82 Å². The minimum atomic E-state index is -3.80. The summed E-state index contributed by atoms with van der Waals surface area (Å²) in [7, 11) is -3.80. The maximum atomic E-state index is 13.0. The number of sulfonamides is 1. The Bertz CT molecular complexity index is 1090. The first-order chi connectivity index (χ1) is 15.8. The Kier molecular flexibility index (Phi) is 8.04. The summed E-state index contributed by atoms with van der Waals surface area (Å²) < 4.78 is 27.5. The van der Waals surface area contributed by atoms with E-state index in [4.69, 9.17) is 0 Å². The van der Waals surface area contributed by atoms with Gasteiger partial charge < -0.3 is 10.2 Å². The van der Waals surface area contributed by atoms with Gasteiger partial charge in [-0.1, -0.05) is 12.8 Å². The molecule has 0 aliphatic carbocycles. The van der Waals surface area contributed by atoms with Gasteiger partial charge in [-0.05, 0) is 63.1 Å². The minimum Gasteiger partial charge on any atom is -0.350 e. The monoisotopic (exact) mass is 474 g/mol. The molecule has 0 atom stereocenters. The van der Waals surface area contributed by atoms with Crippen LogP contribution in [0.4, 0.5) is 17.1 Å². The number of nitro groups is 1. The molecule has 1 saturated heterocycles. The molecule has 33 heavy (non-hydrogen) atoms. The maximum absolute atomic E-state index is 13.0. The maximum Gasteiger partial charge on any atom is 0.294 e. The molecule has 3 rings (SSSR count). The summed E-state index contributed by atoms with van der Waals surface area (Å²) in [5.41, 5.74) is 0.932. The lowest BCUT2D eigenvalue weighted by Crippen LogP contribution is -2.32. The van der Waals surface area contributed by atoms with E-state index in [2.05, 4.69) is 5.32 Å². The molecule has 0 radical (unpaired) electrons. The number of rotatable bonds is 8. The highest BCUT2D eigenvalue weighted by atomic mass is 32.2. The number of nitro benzene ring substituents is 1. The van der Waals surface area contributed by atoms with Crippen LogP contribution in [-0.4, -0.2) is 54.6 Å². The average Bonchev–Trinajstić information content (AvgIpc) is 3.10. The van der Waals surface area contributed by atoms with Gasteiger partial charge in [-0.25, -0.2) is 8.42 Å². The van der Waals surface area contributed by atoms with E-state index in [1.54, 1.807) is 29.2 Å². The predicted octanol–water partition coefficient (Wildman–Crippen LogP) is 4.39. The van der Waals surface area contributed by atoms with E-state index < -0.39 is 14.9 Å². The summed E-state index contributed by atoms with van der Waals surface area (Å²) in [6.45, 7) is 5.88. The standard InChI is InChI=1S/C23H30N4O5S/c1-3-25(4-2)23(28)18-9-11-19(12-10-18)24-21-14-13-20(17-22(21)27(29)30)33(31,32)26-15-7-5-6-8-16-26/h9-14,17,24H,3-8,15-16H2,1-2H3. The van der Waals surface area contributed by atoms with Crippen molar-refractivity contribution in [2.75, 3.05) is 31.5 Å². The van der Waals surface area contributed by atoms with E-state index in [-0.39, 0.29) is 22.2 Å². The molecule has 1 N–H and O–H groups in total. The first kappa shape index (κ1) is 24.7. The molecule has 178 valence electrons. The Morgan fingerprint density at radius 2 is 1.64 bits per heavy atom. The number of nitrogens with one attached hydrogen (secondary N) is 1.